The number of imidazole rings is 2. The van der Waals surface area contributed by atoms with Crippen LogP contribution in [0.4, 0.5) is 0 Å². The van der Waals surface area contributed by atoms with Gasteiger partial charge in [0.2, 0.25) is 5.91 Å². The highest BCUT2D eigenvalue weighted by atomic mass is 16.5. The summed E-state index contributed by atoms with van der Waals surface area (Å²) in [6, 6.07) is 67.6. The topological polar surface area (TPSA) is 139 Å². The van der Waals surface area contributed by atoms with Crippen LogP contribution in [0.25, 0.3) is 55.6 Å². The number of carbonyl (C=O) groups excluding carboxylic acids is 2. The Hall–Kier alpha value is -9.18. The van der Waals surface area contributed by atoms with Crippen LogP contribution in [0.15, 0.2) is 225 Å². The van der Waals surface area contributed by atoms with E-state index >= 15 is 0 Å². The fourth-order valence-corrected chi connectivity index (χ4v) is 11.6. The molecule has 0 fully saturated rings. The lowest BCUT2D eigenvalue weighted by atomic mass is 9.91. The molecular weight excluding hydrogens is 961 g/mol. The second-order valence-corrected chi connectivity index (χ2v) is 20.5. The third-order valence-electron chi connectivity index (χ3n) is 15.6. The Morgan fingerprint density at radius 3 is 1.71 bits per heavy atom. The normalized spacial score (nSPS) is 14.2. The zero-order chi connectivity index (χ0) is 52.8. The third-order valence-corrected chi connectivity index (χ3v) is 15.6. The van der Waals surface area contributed by atoms with Crippen LogP contribution in [-0.4, -0.2) is 38.4 Å². The van der Waals surface area contributed by atoms with Gasteiger partial charge in [-0.05, 0) is 109 Å². The first-order valence-corrected chi connectivity index (χ1v) is 27.0. The summed E-state index contributed by atoms with van der Waals surface area (Å²) in [5.74, 6) is 0.159. The summed E-state index contributed by atoms with van der Waals surface area (Å²) in [4.78, 5) is 44.8. The quantitative estimate of drug-likeness (QED) is 0.0711. The van der Waals surface area contributed by atoms with E-state index in [1.54, 1.807) is 0 Å². The molecule has 2 aromatic heterocycles. The van der Waals surface area contributed by atoms with E-state index < -0.39 is 17.9 Å². The van der Waals surface area contributed by atoms with Crippen LogP contribution in [0, 0.1) is 5.92 Å². The predicted molar refractivity (Wildman–Crippen MR) is 312 cm³/mol. The molecule has 0 aliphatic heterocycles. The maximum atomic E-state index is 14.7. The number of aromatic nitrogens is 4. The van der Waals surface area contributed by atoms with Gasteiger partial charge >= 0.3 is 5.97 Å². The summed E-state index contributed by atoms with van der Waals surface area (Å²) in [6.45, 7) is 0.209. The molecule has 0 unspecified atom stereocenters. The highest BCUT2D eigenvalue weighted by Crippen LogP contribution is 2.45. The first-order valence-electron chi connectivity index (χ1n) is 27.0. The summed E-state index contributed by atoms with van der Waals surface area (Å²) in [6.07, 6.45) is 11.7. The number of amides is 1. The molecule has 8 aromatic carbocycles. The molecule has 10 aromatic rings. The van der Waals surface area contributed by atoms with Gasteiger partial charge in [0, 0.05) is 12.3 Å². The van der Waals surface area contributed by atoms with Crippen molar-refractivity contribution in [3.05, 3.63) is 275 Å². The smallest absolute Gasteiger partial charge is 0.306 e. The number of ether oxygens (including phenoxy) is 1. The molecule has 2 heterocycles. The fraction of sp³-hybridized carbons (Fsp3) is 0.159. The van der Waals surface area contributed by atoms with E-state index in [0.717, 1.165) is 75.1 Å². The summed E-state index contributed by atoms with van der Waals surface area (Å²) in [7, 11) is 0. The SMILES string of the molecule is N[C@H](CC1=CCc2ccccc21)c1ncc(-c2ccccc2)[nH]1.O=C(C[C@H](Cc1cccc2ccccc12)C(=O)N[C@H](CC1=CCc2ccccc21)c1ncc(-c2ccccc2)[nH]1)OCC1c2ccccc2-c2ccccc21. The maximum Gasteiger partial charge on any atom is 0.306 e. The summed E-state index contributed by atoms with van der Waals surface area (Å²) in [5.41, 5.74) is 23.8. The van der Waals surface area contributed by atoms with Gasteiger partial charge in [-0.25, -0.2) is 9.97 Å². The molecule has 0 saturated carbocycles. The number of benzene rings is 8. The molecule has 1 amide bonds. The van der Waals surface area contributed by atoms with Gasteiger partial charge < -0.3 is 25.8 Å². The van der Waals surface area contributed by atoms with Gasteiger partial charge in [-0.2, -0.15) is 0 Å². The van der Waals surface area contributed by atoms with Crippen molar-refractivity contribution < 1.29 is 14.3 Å². The standard InChI is InChI=1S/C49H41N3O3.C20H19N3/c53-47(55-31-44-42-23-10-8-21-40(42)41-22-9-11-24-43(41)44)29-37(27-35-18-12-17-32-13-4-6-19-38(32)35)49(54)52-45(28-36-26-25-33-14-5-7-20-39(33)36)48-50-30-46(51-48)34-15-2-1-3-16-34;21-18(12-16-11-10-14-6-4-5-9-17(14)16)20-22-13-19(23-20)15-7-2-1-3-8-15/h1-24,26,30,37,44-45H,25,27-29,31H2,(H,50,51)(H,52,54);1-9,11,13,18H,10,12,21H2,(H,22,23)/t37-,45+;18-/m01/s1. The minimum absolute atomic E-state index is 0.0588. The number of esters is 1. The molecule has 3 aliphatic rings. The number of nitrogens with zero attached hydrogens (tertiary/aromatic N) is 2. The van der Waals surface area contributed by atoms with Crippen LogP contribution in [0.1, 0.15) is 87.9 Å². The average Bonchev–Trinajstić information content (AvgIpc) is 4.37. The molecule has 5 N–H and O–H groups in total. The second kappa shape index (κ2) is 22.6. The van der Waals surface area contributed by atoms with E-state index in [1.807, 2.05) is 103 Å². The Balaban J connectivity index is 0.000000220. The lowest BCUT2D eigenvalue weighted by Crippen LogP contribution is -2.37. The zero-order valence-corrected chi connectivity index (χ0v) is 43.3. The van der Waals surface area contributed by atoms with Crippen LogP contribution in [0.2, 0.25) is 0 Å². The Kier molecular flexibility index (Phi) is 14.4. The number of allylic oxidation sites excluding steroid dienone is 2. The predicted octanol–water partition coefficient (Wildman–Crippen LogP) is 14.1. The lowest BCUT2D eigenvalue weighted by molar-refractivity contribution is -0.147. The van der Waals surface area contributed by atoms with Gasteiger partial charge in [-0.1, -0.05) is 212 Å². The van der Waals surface area contributed by atoms with Gasteiger partial charge in [-0.3, -0.25) is 9.59 Å². The van der Waals surface area contributed by atoms with Crippen molar-refractivity contribution in [3.8, 4) is 33.6 Å². The Labute approximate surface area is 455 Å². The number of nitrogens with one attached hydrogen (secondary N) is 3. The van der Waals surface area contributed by atoms with Crippen molar-refractivity contribution in [2.45, 2.75) is 56.5 Å². The largest absolute Gasteiger partial charge is 0.465 e. The van der Waals surface area contributed by atoms with Crippen LogP contribution < -0.4 is 11.1 Å². The minimum Gasteiger partial charge on any atom is -0.465 e. The Bertz CT molecular complexity index is 3790. The van der Waals surface area contributed by atoms with E-state index in [2.05, 4.69) is 142 Å². The molecule has 0 spiro atoms. The number of nitrogens with two attached hydrogens (primary N) is 1. The minimum atomic E-state index is -0.683. The lowest BCUT2D eigenvalue weighted by Gasteiger charge is -2.23. The Morgan fingerprint density at radius 1 is 0.551 bits per heavy atom. The molecule has 78 heavy (non-hydrogen) atoms. The van der Waals surface area contributed by atoms with Crippen molar-refractivity contribution >= 4 is 33.8 Å². The molecule has 0 bridgehead atoms. The van der Waals surface area contributed by atoms with Gasteiger partial charge in [0.15, 0.2) is 0 Å². The second-order valence-electron chi connectivity index (χ2n) is 20.5. The van der Waals surface area contributed by atoms with Crippen LogP contribution >= 0.6 is 0 Å². The first kappa shape index (κ1) is 49.7. The average molecular weight is 1020 g/mol. The van der Waals surface area contributed by atoms with E-state index in [4.69, 9.17) is 15.5 Å². The van der Waals surface area contributed by atoms with E-state index in [1.165, 1.54) is 44.5 Å². The molecule has 3 aliphatic carbocycles. The van der Waals surface area contributed by atoms with Crippen molar-refractivity contribution in [2.24, 2.45) is 11.7 Å². The van der Waals surface area contributed by atoms with Gasteiger partial charge in [0.05, 0.1) is 48.2 Å². The third kappa shape index (κ3) is 10.7. The van der Waals surface area contributed by atoms with Gasteiger partial charge in [0.25, 0.3) is 0 Å². The molecule has 0 saturated heterocycles. The summed E-state index contributed by atoms with van der Waals surface area (Å²) >= 11 is 0. The zero-order valence-electron chi connectivity index (χ0n) is 43.3. The van der Waals surface area contributed by atoms with Crippen molar-refractivity contribution in [1.82, 2.24) is 25.3 Å². The van der Waals surface area contributed by atoms with E-state index in [9.17, 15) is 9.59 Å². The Morgan fingerprint density at radius 2 is 1.06 bits per heavy atom. The molecule has 9 heteroatoms. The summed E-state index contributed by atoms with van der Waals surface area (Å²) < 4.78 is 6.09. The highest BCUT2D eigenvalue weighted by molar-refractivity contribution is 5.89. The van der Waals surface area contributed by atoms with Gasteiger partial charge in [0.1, 0.15) is 18.3 Å². The van der Waals surface area contributed by atoms with Crippen molar-refractivity contribution in [1.29, 1.82) is 0 Å². The molecular formula is C69H60N6O3. The number of hydrogen-bond donors (Lipinski definition) is 4. The van der Waals surface area contributed by atoms with Crippen molar-refractivity contribution in [3.63, 3.8) is 0 Å². The number of H-pyrrole nitrogens is 2. The summed E-state index contributed by atoms with van der Waals surface area (Å²) in [5, 5.41) is 5.53. The van der Waals surface area contributed by atoms with Crippen LogP contribution in [0.5, 0.6) is 0 Å². The number of aromatic amines is 2. The van der Waals surface area contributed by atoms with E-state index in [-0.39, 0.29) is 30.9 Å². The highest BCUT2D eigenvalue weighted by Gasteiger charge is 2.32. The van der Waals surface area contributed by atoms with Crippen LogP contribution in [0.3, 0.4) is 0 Å². The maximum absolute atomic E-state index is 14.7. The first-order chi connectivity index (χ1) is 38.4. The molecule has 0 radical (unpaired) electrons. The number of hydrogen-bond acceptors (Lipinski definition) is 6. The molecule has 3 atom stereocenters. The van der Waals surface area contributed by atoms with Crippen molar-refractivity contribution in [2.75, 3.05) is 6.61 Å². The molecule has 9 nitrogen and oxygen atoms in total. The molecule has 384 valence electrons. The monoisotopic (exact) mass is 1020 g/mol. The van der Waals surface area contributed by atoms with Gasteiger partial charge in [-0.15, -0.1) is 0 Å². The van der Waals surface area contributed by atoms with E-state index in [0.29, 0.717) is 18.7 Å². The number of rotatable bonds is 16. The van der Waals surface area contributed by atoms with Crippen LogP contribution in [-0.2, 0) is 33.6 Å². The number of carbonyl (C=O) groups is 2. The number of fused-ring (bicyclic) bond motifs is 6. The fourth-order valence-electron chi connectivity index (χ4n) is 11.6. The molecule has 13 rings (SSSR count).